The summed E-state index contributed by atoms with van der Waals surface area (Å²) in [5.74, 6) is -0.0503. The van der Waals surface area contributed by atoms with Crippen LogP contribution in [0, 0.1) is 11.6 Å². The molecule has 2 aromatic heterocycles. The topological polar surface area (TPSA) is 46.0 Å². The SMILES string of the molecule is CCc1nc2c(N3CCNCC3)ccnc2n1Cc1cc(F)ccc1F. The van der Waals surface area contributed by atoms with Gasteiger partial charge < -0.3 is 14.8 Å². The van der Waals surface area contributed by atoms with Gasteiger partial charge in [-0.15, -0.1) is 0 Å². The molecule has 3 aromatic rings. The highest BCUT2D eigenvalue weighted by atomic mass is 19.1. The number of aryl methyl sites for hydroxylation is 1. The summed E-state index contributed by atoms with van der Waals surface area (Å²) in [6.45, 7) is 5.89. The van der Waals surface area contributed by atoms with Crippen LogP contribution in [0.15, 0.2) is 30.5 Å². The molecule has 1 N–H and O–H groups in total. The lowest BCUT2D eigenvalue weighted by Crippen LogP contribution is -2.43. The number of nitrogens with zero attached hydrogens (tertiary/aromatic N) is 4. The van der Waals surface area contributed by atoms with Gasteiger partial charge in [0, 0.05) is 44.4 Å². The Balaban J connectivity index is 1.80. The number of nitrogens with one attached hydrogen (secondary N) is 1. The van der Waals surface area contributed by atoms with E-state index in [4.69, 9.17) is 4.98 Å². The molecule has 0 radical (unpaired) electrons. The minimum Gasteiger partial charge on any atom is -0.367 e. The number of halogens is 2. The van der Waals surface area contributed by atoms with Gasteiger partial charge in [-0.25, -0.2) is 18.7 Å². The second-order valence-corrected chi connectivity index (χ2v) is 6.44. The molecular formula is C19H21F2N5. The molecule has 3 heterocycles. The molecule has 0 aliphatic carbocycles. The zero-order chi connectivity index (χ0) is 18.1. The van der Waals surface area contributed by atoms with Crippen LogP contribution in [0.25, 0.3) is 11.2 Å². The van der Waals surface area contributed by atoms with Crippen LogP contribution in [-0.4, -0.2) is 40.7 Å². The summed E-state index contributed by atoms with van der Waals surface area (Å²) < 4.78 is 29.6. The number of hydrogen-bond acceptors (Lipinski definition) is 4. The molecule has 1 aliphatic rings. The van der Waals surface area contributed by atoms with E-state index in [0.29, 0.717) is 17.6 Å². The fraction of sp³-hybridized carbons (Fsp3) is 0.368. The Labute approximate surface area is 150 Å². The van der Waals surface area contributed by atoms with Gasteiger partial charge in [0.15, 0.2) is 5.65 Å². The number of piperazine rings is 1. The van der Waals surface area contributed by atoms with E-state index in [9.17, 15) is 8.78 Å². The third-order valence-electron chi connectivity index (χ3n) is 4.80. The molecule has 7 heteroatoms. The van der Waals surface area contributed by atoms with Crippen molar-refractivity contribution in [1.29, 1.82) is 0 Å². The maximum Gasteiger partial charge on any atom is 0.162 e. The van der Waals surface area contributed by atoms with Crippen LogP contribution in [-0.2, 0) is 13.0 Å². The molecule has 26 heavy (non-hydrogen) atoms. The number of hydrogen-bond donors (Lipinski definition) is 1. The van der Waals surface area contributed by atoms with Crippen molar-refractivity contribution in [3.63, 3.8) is 0 Å². The van der Waals surface area contributed by atoms with Gasteiger partial charge in [0.2, 0.25) is 0 Å². The number of fused-ring (bicyclic) bond motifs is 1. The first-order valence-corrected chi connectivity index (χ1v) is 8.91. The zero-order valence-electron chi connectivity index (χ0n) is 14.7. The Kier molecular flexibility index (Phi) is 4.55. The van der Waals surface area contributed by atoms with Crippen molar-refractivity contribution in [2.45, 2.75) is 19.9 Å². The van der Waals surface area contributed by atoms with Gasteiger partial charge in [-0.1, -0.05) is 6.92 Å². The fourth-order valence-corrected chi connectivity index (χ4v) is 3.48. The summed E-state index contributed by atoms with van der Waals surface area (Å²) in [6, 6.07) is 5.51. The molecule has 1 fully saturated rings. The second-order valence-electron chi connectivity index (χ2n) is 6.44. The normalized spacial score (nSPS) is 15.0. The van der Waals surface area contributed by atoms with E-state index in [1.54, 1.807) is 6.20 Å². The van der Waals surface area contributed by atoms with Crippen molar-refractivity contribution < 1.29 is 8.78 Å². The average Bonchev–Trinajstić information content (AvgIpc) is 3.03. The van der Waals surface area contributed by atoms with E-state index in [1.165, 1.54) is 6.07 Å². The highest BCUT2D eigenvalue weighted by molar-refractivity contribution is 5.86. The van der Waals surface area contributed by atoms with Crippen LogP contribution in [0.5, 0.6) is 0 Å². The minimum absolute atomic E-state index is 0.210. The molecule has 1 saturated heterocycles. The van der Waals surface area contributed by atoms with Gasteiger partial charge in [-0.2, -0.15) is 0 Å². The third kappa shape index (κ3) is 3.03. The first-order chi connectivity index (χ1) is 12.7. The molecule has 0 saturated carbocycles. The van der Waals surface area contributed by atoms with Crippen LogP contribution in [0.3, 0.4) is 0 Å². The number of anilines is 1. The van der Waals surface area contributed by atoms with Crippen molar-refractivity contribution in [1.82, 2.24) is 19.9 Å². The standard InChI is InChI=1S/C19H21F2N5/c1-2-17-24-18-16(25-9-7-22-8-10-25)5-6-23-19(18)26(17)12-13-11-14(20)3-4-15(13)21/h3-6,11,22H,2,7-10,12H2,1H3. The molecule has 1 aromatic carbocycles. The first-order valence-electron chi connectivity index (χ1n) is 8.91. The van der Waals surface area contributed by atoms with Crippen LogP contribution < -0.4 is 10.2 Å². The van der Waals surface area contributed by atoms with Gasteiger partial charge in [0.1, 0.15) is 23.0 Å². The highest BCUT2D eigenvalue weighted by Gasteiger charge is 2.19. The molecule has 5 nitrogen and oxygen atoms in total. The van der Waals surface area contributed by atoms with Crippen LogP contribution in [0.1, 0.15) is 18.3 Å². The molecule has 136 valence electrons. The van der Waals surface area contributed by atoms with Gasteiger partial charge in [-0.05, 0) is 24.3 Å². The second kappa shape index (κ2) is 6.99. The summed E-state index contributed by atoms with van der Waals surface area (Å²) in [5.41, 5.74) is 2.88. The Morgan fingerprint density at radius 1 is 1.15 bits per heavy atom. The van der Waals surface area contributed by atoms with Gasteiger partial charge in [0.05, 0.1) is 12.2 Å². The molecule has 0 spiro atoms. The molecule has 0 amide bonds. The summed E-state index contributed by atoms with van der Waals surface area (Å²) in [7, 11) is 0. The van der Waals surface area contributed by atoms with Crippen molar-refractivity contribution in [3.8, 4) is 0 Å². The minimum atomic E-state index is -0.446. The molecular weight excluding hydrogens is 336 g/mol. The Hall–Kier alpha value is -2.54. The quantitative estimate of drug-likeness (QED) is 0.780. The highest BCUT2D eigenvalue weighted by Crippen LogP contribution is 2.27. The lowest BCUT2D eigenvalue weighted by atomic mass is 10.2. The summed E-state index contributed by atoms with van der Waals surface area (Å²) in [5, 5.41) is 3.34. The predicted molar refractivity (Wildman–Crippen MR) is 97.4 cm³/mol. The summed E-state index contributed by atoms with van der Waals surface area (Å²) in [6.07, 6.45) is 2.45. The van der Waals surface area contributed by atoms with E-state index in [2.05, 4.69) is 15.2 Å². The smallest absolute Gasteiger partial charge is 0.162 e. The maximum atomic E-state index is 14.1. The lowest BCUT2D eigenvalue weighted by Gasteiger charge is -2.29. The van der Waals surface area contributed by atoms with E-state index in [0.717, 1.165) is 55.3 Å². The van der Waals surface area contributed by atoms with Crippen LogP contribution >= 0.6 is 0 Å². The fourth-order valence-electron chi connectivity index (χ4n) is 3.48. The number of aromatic nitrogens is 3. The molecule has 1 aliphatic heterocycles. The lowest BCUT2D eigenvalue weighted by molar-refractivity contribution is 0.575. The molecule has 0 atom stereocenters. The third-order valence-corrected chi connectivity index (χ3v) is 4.80. The van der Waals surface area contributed by atoms with Crippen molar-refractivity contribution in [2.24, 2.45) is 0 Å². The van der Waals surface area contributed by atoms with E-state index >= 15 is 0 Å². The summed E-state index contributed by atoms with van der Waals surface area (Å²) in [4.78, 5) is 11.6. The predicted octanol–water partition coefficient (Wildman–Crippen LogP) is 2.73. The Bertz CT molecular complexity index is 931. The largest absolute Gasteiger partial charge is 0.367 e. The number of pyridine rings is 1. The average molecular weight is 357 g/mol. The van der Waals surface area contributed by atoms with E-state index in [-0.39, 0.29) is 6.54 Å². The van der Waals surface area contributed by atoms with Crippen molar-refractivity contribution >= 4 is 16.9 Å². The Morgan fingerprint density at radius 3 is 2.73 bits per heavy atom. The maximum absolute atomic E-state index is 14.1. The number of imidazole rings is 1. The molecule has 0 bridgehead atoms. The monoisotopic (exact) mass is 357 g/mol. The van der Waals surface area contributed by atoms with Gasteiger partial charge >= 0.3 is 0 Å². The zero-order valence-corrected chi connectivity index (χ0v) is 14.7. The van der Waals surface area contributed by atoms with Crippen molar-refractivity contribution in [2.75, 3.05) is 31.1 Å². The summed E-state index contributed by atoms with van der Waals surface area (Å²) >= 11 is 0. The number of rotatable bonds is 4. The first kappa shape index (κ1) is 16.9. The van der Waals surface area contributed by atoms with Gasteiger partial charge in [0.25, 0.3) is 0 Å². The van der Waals surface area contributed by atoms with Crippen LogP contribution in [0.4, 0.5) is 14.5 Å². The van der Waals surface area contributed by atoms with Gasteiger partial charge in [-0.3, -0.25) is 0 Å². The van der Waals surface area contributed by atoms with Crippen LogP contribution in [0.2, 0.25) is 0 Å². The Morgan fingerprint density at radius 2 is 1.96 bits per heavy atom. The van der Waals surface area contributed by atoms with E-state index < -0.39 is 11.6 Å². The van der Waals surface area contributed by atoms with Crippen molar-refractivity contribution in [3.05, 3.63) is 53.5 Å². The molecule has 4 rings (SSSR count). The van der Waals surface area contributed by atoms with E-state index in [1.807, 2.05) is 17.6 Å². The molecule has 0 unspecified atom stereocenters. The number of benzene rings is 1.